The van der Waals surface area contributed by atoms with Crippen molar-refractivity contribution < 1.29 is 24.2 Å². The molecule has 2 bridgehead atoms. The first kappa shape index (κ1) is 21.0. The maximum Gasteiger partial charge on any atom is 0.435 e. The molecule has 7 nitrogen and oxygen atoms in total. The van der Waals surface area contributed by atoms with Gasteiger partial charge in [-0.3, -0.25) is 4.79 Å². The molecule has 1 aromatic rings. The Balaban J connectivity index is 1.51. The number of para-hydroxylation sites is 1. The van der Waals surface area contributed by atoms with Gasteiger partial charge in [0.05, 0.1) is 12.2 Å². The van der Waals surface area contributed by atoms with Crippen molar-refractivity contribution in [3.8, 4) is 5.75 Å². The Kier molecular flexibility index (Phi) is 7.41. The molecule has 2 heterocycles. The highest BCUT2D eigenvalue weighted by molar-refractivity contribution is 5.72. The zero-order valence-electron chi connectivity index (χ0n) is 16.6. The lowest BCUT2D eigenvalue weighted by atomic mass is 9.78. The summed E-state index contributed by atoms with van der Waals surface area (Å²) in [6, 6.07) is 8.90. The van der Waals surface area contributed by atoms with Crippen LogP contribution in [-0.2, 0) is 9.53 Å². The third-order valence-electron chi connectivity index (χ3n) is 5.45. The van der Waals surface area contributed by atoms with Gasteiger partial charge in [-0.2, -0.15) is 5.10 Å². The minimum absolute atomic E-state index is 0.146. The second kappa shape index (κ2) is 10.2. The van der Waals surface area contributed by atoms with Gasteiger partial charge in [0, 0.05) is 25.6 Å². The molecule has 2 aliphatic rings. The Morgan fingerprint density at radius 3 is 2.76 bits per heavy atom. The number of hydrogen-bond acceptors (Lipinski definition) is 5. The second-order valence-electron chi connectivity index (χ2n) is 7.49. The Morgan fingerprint density at radius 1 is 1.24 bits per heavy atom. The van der Waals surface area contributed by atoms with Gasteiger partial charge in [-0.25, -0.2) is 9.80 Å². The number of benzene rings is 1. The van der Waals surface area contributed by atoms with Crippen molar-refractivity contribution in [3.63, 3.8) is 0 Å². The molecule has 3 rings (SSSR count). The van der Waals surface area contributed by atoms with Gasteiger partial charge in [0.15, 0.2) is 0 Å². The predicted molar refractivity (Wildman–Crippen MR) is 109 cm³/mol. The number of ether oxygens (including phenoxy) is 2. The highest BCUT2D eigenvalue weighted by Crippen LogP contribution is 2.44. The van der Waals surface area contributed by atoms with Crippen molar-refractivity contribution in [1.29, 1.82) is 0 Å². The van der Waals surface area contributed by atoms with Gasteiger partial charge in [0.1, 0.15) is 5.75 Å². The van der Waals surface area contributed by atoms with Crippen LogP contribution < -0.4 is 4.74 Å². The van der Waals surface area contributed by atoms with Crippen molar-refractivity contribution in [1.82, 2.24) is 5.01 Å². The number of allylic oxidation sites excluding steroid dienone is 2. The SMILES string of the molecule is CN(N=C[C@@H]1[C@@H](C/C=C\CCCC(=O)O)[C@H]2CC[C@@H]1O2)C(=O)Oc1ccccc1. The number of nitrogens with zero attached hydrogens (tertiary/aromatic N) is 2. The molecule has 1 N–H and O–H groups in total. The third-order valence-corrected chi connectivity index (χ3v) is 5.45. The molecule has 1 aromatic carbocycles. The van der Waals surface area contributed by atoms with E-state index in [4.69, 9.17) is 14.6 Å². The van der Waals surface area contributed by atoms with E-state index in [1.807, 2.05) is 18.4 Å². The van der Waals surface area contributed by atoms with Crippen LogP contribution in [0.25, 0.3) is 0 Å². The summed E-state index contributed by atoms with van der Waals surface area (Å²) in [5.74, 6) is 0.205. The number of aliphatic carboxylic acids is 1. The van der Waals surface area contributed by atoms with Crippen LogP contribution in [0.15, 0.2) is 47.6 Å². The Morgan fingerprint density at radius 2 is 2.00 bits per heavy atom. The Hall–Kier alpha value is -2.67. The van der Waals surface area contributed by atoms with Crippen molar-refractivity contribution in [3.05, 3.63) is 42.5 Å². The summed E-state index contributed by atoms with van der Waals surface area (Å²) in [5.41, 5.74) is 0. The summed E-state index contributed by atoms with van der Waals surface area (Å²) in [6.07, 6.45) is 10.4. The first-order chi connectivity index (χ1) is 14.0. The molecule has 2 fully saturated rings. The van der Waals surface area contributed by atoms with Gasteiger partial charge < -0.3 is 14.6 Å². The molecule has 1 amide bonds. The van der Waals surface area contributed by atoms with Crippen molar-refractivity contribution >= 4 is 18.3 Å². The normalized spacial score (nSPS) is 25.7. The van der Waals surface area contributed by atoms with Crippen LogP contribution in [0, 0.1) is 11.8 Å². The smallest absolute Gasteiger partial charge is 0.435 e. The summed E-state index contributed by atoms with van der Waals surface area (Å²) in [5, 5.41) is 14.2. The molecule has 156 valence electrons. The fourth-order valence-electron chi connectivity index (χ4n) is 3.95. The number of hydrazone groups is 1. The van der Waals surface area contributed by atoms with E-state index in [2.05, 4.69) is 11.2 Å². The topological polar surface area (TPSA) is 88.4 Å². The van der Waals surface area contributed by atoms with Gasteiger partial charge >= 0.3 is 12.1 Å². The van der Waals surface area contributed by atoms with E-state index >= 15 is 0 Å². The fourth-order valence-corrected chi connectivity index (χ4v) is 3.95. The lowest BCUT2D eigenvalue weighted by Crippen LogP contribution is -2.30. The monoisotopic (exact) mass is 400 g/mol. The van der Waals surface area contributed by atoms with E-state index in [0.29, 0.717) is 18.1 Å². The first-order valence-electron chi connectivity index (χ1n) is 10.1. The van der Waals surface area contributed by atoms with Crippen LogP contribution in [0.4, 0.5) is 4.79 Å². The number of carboxylic acid groups (broad SMARTS) is 1. The zero-order valence-corrected chi connectivity index (χ0v) is 16.6. The summed E-state index contributed by atoms with van der Waals surface area (Å²) in [6.45, 7) is 0. The number of fused-ring (bicyclic) bond motifs is 2. The van der Waals surface area contributed by atoms with Crippen LogP contribution in [0.3, 0.4) is 0 Å². The Bertz CT molecular complexity index is 749. The number of amides is 1. The number of carbonyl (C=O) groups is 2. The van der Waals surface area contributed by atoms with Crippen molar-refractivity contribution in [2.75, 3.05) is 7.05 Å². The standard InChI is InChI=1S/C22H28N2O5/c1-24(22(27)28-16-9-5-4-6-10-16)23-15-18-17(19-13-14-20(18)29-19)11-7-2-3-8-12-21(25)26/h2,4-7,9-10,15,17-20H,3,8,11-14H2,1H3,(H,25,26)/b7-2-,23-15?/t17-,18-,19-,20+/m1/s1. The number of carbonyl (C=O) groups excluding carboxylic acids is 1. The number of hydrogen-bond donors (Lipinski definition) is 1. The molecule has 0 unspecified atom stereocenters. The number of carboxylic acids is 1. The molecule has 4 atom stereocenters. The predicted octanol–water partition coefficient (Wildman–Crippen LogP) is 4.10. The molecule has 2 aliphatic heterocycles. The molecule has 0 aromatic heterocycles. The maximum atomic E-state index is 12.2. The molecular weight excluding hydrogens is 372 g/mol. The number of unbranched alkanes of at least 4 members (excludes halogenated alkanes) is 1. The molecule has 0 spiro atoms. The molecule has 0 aliphatic carbocycles. The van der Waals surface area contributed by atoms with Gasteiger partial charge in [-0.15, -0.1) is 0 Å². The largest absolute Gasteiger partial charge is 0.481 e. The van der Waals surface area contributed by atoms with Crippen LogP contribution in [0.5, 0.6) is 5.75 Å². The summed E-state index contributed by atoms with van der Waals surface area (Å²) in [7, 11) is 1.58. The lowest BCUT2D eigenvalue weighted by molar-refractivity contribution is -0.137. The zero-order chi connectivity index (χ0) is 20.6. The average molecular weight is 400 g/mol. The highest BCUT2D eigenvalue weighted by Gasteiger charge is 2.47. The molecule has 7 heteroatoms. The van der Waals surface area contributed by atoms with E-state index in [-0.39, 0.29) is 24.5 Å². The van der Waals surface area contributed by atoms with Crippen molar-refractivity contribution in [2.45, 2.75) is 50.7 Å². The van der Waals surface area contributed by atoms with Crippen LogP contribution in [0.2, 0.25) is 0 Å². The molecular formula is C22H28N2O5. The van der Waals surface area contributed by atoms with E-state index in [1.54, 1.807) is 31.3 Å². The third kappa shape index (κ3) is 5.90. The first-order valence-corrected chi connectivity index (χ1v) is 10.1. The maximum absolute atomic E-state index is 12.2. The fraction of sp³-hybridized carbons (Fsp3) is 0.500. The van der Waals surface area contributed by atoms with Gasteiger partial charge in [-0.1, -0.05) is 30.4 Å². The van der Waals surface area contributed by atoms with E-state index in [9.17, 15) is 9.59 Å². The van der Waals surface area contributed by atoms with Crippen LogP contribution >= 0.6 is 0 Å². The molecule has 0 saturated carbocycles. The van der Waals surface area contributed by atoms with Gasteiger partial charge in [0.25, 0.3) is 0 Å². The molecule has 0 radical (unpaired) electrons. The lowest BCUT2D eigenvalue weighted by Gasteiger charge is -2.24. The van der Waals surface area contributed by atoms with Gasteiger partial charge in [-0.05, 0) is 50.2 Å². The van der Waals surface area contributed by atoms with E-state index < -0.39 is 12.1 Å². The van der Waals surface area contributed by atoms with Gasteiger partial charge in [0.2, 0.25) is 0 Å². The van der Waals surface area contributed by atoms with E-state index in [1.165, 1.54) is 5.01 Å². The average Bonchev–Trinajstić information content (AvgIpc) is 3.31. The minimum atomic E-state index is -0.758. The summed E-state index contributed by atoms with van der Waals surface area (Å²) >= 11 is 0. The Labute approximate surface area is 171 Å². The van der Waals surface area contributed by atoms with Crippen LogP contribution in [-0.4, -0.2) is 47.6 Å². The van der Waals surface area contributed by atoms with Crippen LogP contribution in [0.1, 0.15) is 38.5 Å². The van der Waals surface area contributed by atoms with E-state index in [0.717, 1.165) is 25.7 Å². The van der Waals surface area contributed by atoms with Crippen molar-refractivity contribution in [2.24, 2.45) is 16.9 Å². The number of rotatable bonds is 9. The highest BCUT2D eigenvalue weighted by atomic mass is 16.6. The summed E-state index contributed by atoms with van der Waals surface area (Å²) < 4.78 is 11.3. The molecule has 2 saturated heterocycles. The summed E-state index contributed by atoms with van der Waals surface area (Å²) in [4.78, 5) is 22.7. The quantitative estimate of drug-likeness (QED) is 0.292. The molecule has 29 heavy (non-hydrogen) atoms. The second-order valence-corrected chi connectivity index (χ2v) is 7.49. The minimum Gasteiger partial charge on any atom is -0.481 e.